The van der Waals surface area contributed by atoms with E-state index in [1.54, 1.807) is 0 Å². The van der Waals surface area contributed by atoms with Crippen LogP contribution < -0.4 is 4.74 Å². The first-order valence-electron chi connectivity index (χ1n) is 15.6. The van der Waals surface area contributed by atoms with Crippen LogP contribution in [0.5, 0.6) is 5.75 Å². The lowest BCUT2D eigenvalue weighted by Crippen LogP contribution is -2.09. The Hall–Kier alpha value is -6.14. The Labute approximate surface area is 262 Å². The number of hydrogen-bond donors (Lipinski definition) is 0. The molecular formula is C40H24N4O2. The predicted octanol–water partition coefficient (Wildman–Crippen LogP) is 9.89. The fraction of sp³-hybridized carbons (Fsp3) is 0.0500. The van der Waals surface area contributed by atoms with Gasteiger partial charge in [-0.3, -0.25) is 9.13 Å². The zero-order valence-electron chi connectivity index (χ0n) is 24.5. The third-order valence-corrected chi connectivity index (χ3v) is 9.71. The van der Waals surface area contributed by atoms with E-state index in [0.717, 1.165) is 89.7 Å². The van der Waals surface area contributed by atoms with Gasteiger partial charge in [0, 0.05) is 44.9 Å². The van der Waals surface area contributed by atoms with Crippen LogP contribution in [-0.2, 0) is 0 Å². The number of aromatic nitrogens is 4. The van der Waals surface area contributed by atoms with E-state index >= 15 is 0 Å². The molecule has 0 bridgehead atoms. The van der Waals surface area contributed by atoms with Crippen molar-refractivity contribution in [2.24, 2.45) is 0 Å². The van der Waals surface area contributed by atoms with E-state index < -0.39 is 0 Å². The monoisotopic (exact) mass is 592 g/mol. The zero-order valence-corrected chi connectivity index (χ0v) is 24.5. The minimum Gasteiger partial charge on any atom is -0.461 e. The van der Waals surface area contributed by atoms with Crippen LogP contribution in [0.25, 0.3) is 77.5 Å². The molecule has 0 fully saturated rings. The molecule has 6 heteroatoms. The summed E-state index contributed by atoms with van der Waals surface area (Å²) in [6.07, 6.45) is 5.12. The summed E-state index contributed by atoms with van der Waals surface area (Å²) in [6.45, 7) is 0. The summed E-state index contributed by atoms with van der Waals surface area (Å²) in [5.74, 6) is 2.14. The first kappa shape index (κ1) is 24.2. The summed E-state index contributed by atoms with van der Waals surface area (Å²) in [5, 5.41) is 4.33. The molecule has 0 saturated carbocycles. The van der Waals surface area contributed by atoms with Crippen LogP contribution >= 0.6 is 0 Å². The number of ether oxygens (including phenoxy) is 1. The van der Waals surface area contributed by atoms with Crippen molar-refractivity contribution in [3.8, 4) is 11.4 Å². The van der Waals surface area contributed by atoms with Crippen LogP contribution in [0.3, 0.4) is 0 Å². The zero-order chi connectivity index (χ0) is 29.9. The van der Waals surface area contributed by atoms with Crippen molar-refractivity contribution in [3.63, 3.8) is 0 Å². The van der Waals surface area contributed by atoms with Gasteiger partial charge in [-0.05, 0) is 54.6 Å². The number of furan rings is 1. The summed E-state index contributed by atoms with van der Waals surface area (Å²) in [5.41, 5.74) is 10.8. The van der Waals surface area contributed by atoms with Crippen LogP contribution in [0, 0.1) is 0 Å². The minimum atomic E-state index is 0.180. The van der Waals surface area contributed by atoms with Gasteiger partial charge < -0.3 is 9.15 Å². The summed E-state index contributed by atoms with van der Waals surface area (Å²) in [4.78, 5) is 10.9. The van der Waals surface area contributed by atoms with Gasteiger partial charge in [-0.15, -0.1) is 0 Å². The second kappa shape index (κ2) is 8.73. The molecule has 0 amide bonds. The van der Waals surface area contributed by atoms with Crippen molar-refractivity contribution in [3.05, 3.63) is 139 Å². The summed E-state index contributed by atoms with van der Waals surface area (Å²) in [7, 11) is 0. The fourth-order valence-corrected chi connectivity index (χ4v) is 7.66. The van der Waals surface area contributed by atoms with Crippen LogP contribution in [0.2, 0.25) is 0 Å². The Morgan fingerprint density at radius 2 is 1.24 bits per heavy atom. The van der Waals surface area contributed by atoms with E-state index in [-0.39, 0.29) is 5.92 Å². The number of para-hydroxylation sites is 4. The summed E-state index contributed by atoms with van der Waals surface area (Å²) >= 11 is 0. The highest BCUT2D eigenvalue weighted by molar-refractivity contribution is 6.13. The first-order chi connectivity index (χ1) is 22.8. The molecule has 1 aliphatic carbocycles. The molecule has 216 valence electrons. The van der Waals surface area contributed by atoms with Gasteiger partial charge in [0.25, 0.3) is 0 Å². The van der Waals surface area contributed by atoms with Crippen molar-refractivity contribution < 1.29 is 9.15 Å². The van der Waals surface area contributed by atoms with Gasteiger partial charge in [0.15, 0.2) is 11.3 Å². The maximum absolute atomic E-state index is 6.22. The van der Waals surface area contributed by atoms with E-state index in [2.05, 4.69) is 118 Å². The van der Waals surface area contributed by atoms with E-state index in [9.17, 15) is 0 Å². The highest BCUT2D eigenvalue weighted by atomic mass is 16.5. The van der Waals surface area contributed by atoms with Gasteiger partial charge in [-0.2, -0.15) is 0 Å². The Morgan fingerprint density at radius 1 is 0.587 bits per heavy atom. The highest BCUT2D eigenvalue weighted by Crippen LogP contribution is 2.47. The van der Waals surface area contributed by atoms with Gasteiger partial charge in [-0.1, -0.05) is 72.8 Å². The number of rotatable bonds is 2. The Balaban J connectivity index is 1.18. The Bertz CT molecular complexity index is 2830. The molecule has 46 heavy (non-hydrogen) atoms. The first-order valence-corrected chi connectivity index (χ1v) is 15.6. The Morgan fingerprint density at radius 3 is 2.07 bits per heavy atom. The van der Waals surface area contributed by atoms with Crippen LogP contribution in [-0.4, -0.2) is 19.1 Å². The molecule has 4 aromatic heterocycles. The number of fused-ring (bicyclic) bond motifs is 12. The molecule has 0 N–H and O–H groups in total. The van der Waals surface area contributed by atoms with Crippen LogP contribution in [0.1, 0.15) is 17.9 Å². The van der Waals surface area contributed by atoms with Crippen molar-refractivity contribution in [1.29, 1.82) is 0 Å². The Kier molecular flexibility index (Phi) is 4.60. The number of nitrogens with zero attached hydrogens (tertiary/aromatic N) is 4. The smallest absolute Gasteiger partial charge is 0.165 e. The van der Waals surface area contributed by atoms with Crippen molar-refractivity contribution >= 4 is 71.8 Å². The lowest BCUT2D eigenvalue weighted by atomic mass is 9.90. The maximum atomic E-state index is 6.22. The molecule has 0 spiro atoms. The molecule has 0 radical (unpaired) electrons. The molecule has 1 atom stereocenters. The summed E-state index contributed by atoms with van der Waals surface area (Å²) in [6, 6.07) is 39.9. The minimum absolute atomic E-state index is 0.180. The van der Waals surface area contributed by atoms with Crippen molar-refractivity contribution in [2.75, 3.05) is 0 Å². The largest absolute Gasteiger partial charge is 0.461 e. The molecule has 6 nitrogen and oxygen atoms in total. The van der Waals surface area contributed by atoms with E-state index in [0.29, 0.717) is 0 Å². The lowest BCUT2D eigenvalue weighted by Gasteiger charge is -2.20. The molecular weight excluding hydrogens is 568 g/mol. The van der Waals surface area contributed by atoms with E-state index in [4.69, 9.17) is 19.1 Å². The van der Waals surface area contributed by atoms with E-state index in [1.807, 2.05) is 18.2 Å². The maximum Gasteiger partial charge on any atom is 0.165 e. The highest BCUT2D eigenvalue weighted by Gasteiger charge is 2.33. The molecule has 1 unspecified atom stereocenters. The predicted molar refractivity (Wildman–Crippen MR) is 183 cm³/mol. The number of benzene rings is 5. The standard InChI is InChI=1S/C40H24N4O2/c1-5-13-31-27(11-1)37-39(43(31)23-17-19-35-29(21-23)25-9-3-7-15-33(25)45-35)42-38-28-12-2-6-14-32(28)44(40(38)41-37)24-18-20-36-30(22-24)26-10-4-8-16-34(26)46-36/h1-21,30H,22H2. The molecule has 11 rings (SSSR count). The third kappa shape index (κ3) is 3.15. The van der Waals surface area contributed by atoms with Crippen molar-refractivity contribution in [1.82, 2.24) is 19.1 Å². The SMILES string of the molecule is C1=C2Oc3ccccc3C2CC(n2c3ccccc3c3nc4c(nc32)c2ccccc2n4-c2ccc3oc4ccccc4c3c2)=C1. The van der Waals surface area contributed by atoms with Crippen LogP contribution in [0.15, 0.2) is 138 Å². The molecule has 0 saturated heterocycles. The van der Waals surface area contributed by atoms with Crippen molar-refractivity contribution in [2.45, 2.75) is 12.3 Å². The van der Waals surface area contributed by atoms with Gasteiger partial charge in [-0.25, -0.2) is 9.97 Å². The molecule has 2 aliphatic rings. The summed E-state index contributed by atoms with van der Waals surface area (Å²) < 4.78 is 16.9. The normalized spacial score (nSPS) is 16.0. The second-order valence-electron chi connectivity index (χ2n) is 12.2. The topological polar surface area (TPSA) is 58.0 Å². The number of hydrogen-bond acceptors (Lipinski definition) is 4. The van der Waals surface area contributed by atoms with Gasteiger partial charge in [0.05, 0.1) is 17.0 Å². The second-order valence-corrected chi connectivity index (χ2v) is 12.2. The van der Waals surface area contributed by atoms with Gasteiger partial charge >= 0.3 is 0 Å². The molecule has 5 heterocycles. The van der Waals surface area contributed by atoms with E-state index in [1.165, 1.54) is 11.3 Å². The molecule has 5 aromatic carbocycles. The van der Waals surface area contributed by atoms with Crippen LogP contribution in [0.4, 0.5) is 0 Å². The lowest BCUT2D eigenvalue weighted by molar-refractivity contribution is 0.425. The average Bonchev–Trinajstić information content (AvgIpc) is 3.84. The average molecular weight is 593 g/mol. The molecule has 9 aromatic rings. The quantitative estimate of drug-likeness (QED) is 0.200. The van der Waals surface area contributed by atoms with Gasteiger partial charge in [0.2, 0.25) is 0 Å². The van der Waals surface area contributed by atoms with Gasteiger partial charge in [0.1, 0.15) is 33.7 Å². The third-order valence-electron chi connectivity index (χ3n) is 9.71. The number of allylic oxidation sites excluding steroid dienone is 4. The molecule has 1 aliphatic heterocycles. The fourth-order valence-electron chi connectivity index (χ4n) is 7.66.